The Bertz CT molecular complexity index is 846. The molecule has 3 heterocycles. The lowest BCUT2D eigenvalue weighted by atomic mass is 9.96. The van der Waals surface area contributed by atoms with Crippen molar-refractivity contribution in [2.24, 2.45) is 0 Å². The van der Waals surface area contributed by atoms with Gasteiger partial charge in [-0.05, 0) is 57.0 Å². The van der Waals surface area contributed by atoms with Crippen LogP contribution >= 0.6 is 38.9 Å². The Balaban J connectivity index is 1.80. The van der Waals surface area contributed by atoms with Crippen molar-refractivity contribution in [1.29, 1.82) is 0 Å². The zero-order valence-electron chi connectivity index (χ0n) is 11.6. The molecule has 9 heteroatoms. The Morgan fingerprint density at radius 3 is 2.96 bits per heavy atom. The average molecular weight is 415 g/mol. The van der Waals surface area contributed by atoms with Gasteiger partial charge < -0.3 is 5.32 Å². The van der Waals surface area contributed by atoms with Crippen LogP contribution in [0.1, 0.15) is 28.9 Å². The van der Waals surface area contributed by atoms with E-state index < -0.39 is 0 Å². The van der Waals surface area contributed by atoms with E-state index in [2.05, 4.69) is 36.8 Å². The van der Waals surface area contributed by atoms with Crippen LogP contribution in [0.2, 0.25) is 5.02 Å². The molecule has 0 saturated carbocycles. The molecule has 2 unspecified atom stereocenters. The van der Waals surface area contributed by atoms with E-state index in [4.69, 9.17) is 11.6 Å². The van der Waals surface area contributed by atoms with Gasteiger partial charge in [-0.3, -0.25) is 0 Å². The molecule has 0 bridgehead atoms. The molecule has 4 rings (SSSR count). The van der Waals surface area contributed by atoms with Crippen molar-refractivity contribution in [2.75, 3.05) is 5.32 Å². The number of rotatable bonds is 2. The number of thiophene rings is 1. The number of nitrogens with zero attached hydrogens (tertiary/aromatic N) is 4. The van der Waals surface area contributed by atoms with Gasteiger partial charge >= 0.3 is 0 Å². The van der Waals surface area contributed by atoms with Gasteiger partial charge in [0.05, 0.1) is 15.9 Å². The first-order valence-electron chi connectivity index (χ1n) is 6.87. The summed E-state index contributed by atoms with van der Waals surface area (Å²) in [7, 11) is 0. The second-order valence-corrected chi connectivity index (χ2v) is 8.07. The second kappa shape index (κ2) is 5.85. The lowest BCUT2D eigenvalue weighted by Gasteiger charge is -2.30. The quantitative estimate of drug-likeness (QED) is 0.674. The highest BCUT2D eigenvalue weighted by atomic mass is 79.9. The molecule has 5 nitrogen and oxygen atoms in total. The van der Waals surface area contributed by atoms with Gasteiger partial charge in [-0.25, -0.2) is 9.07 Å². The largest absolute Gasteiger partial charge is 0.345 e. The first-order valence-corrected chi connectivity index (χ1v) is 8.86. The zero-order chi connectivity index (χ0) is 16.0. The molecule has 0 radical (unpaired) electrons. The SMILES string of the molecule is Fc1cccc(Cl)c1C1CC(c2ccc(Br)s2)Nc2nnnn21. The maximum Gasteiger partial charge on any atom is 0.244 e. The van der Waals surface area contributed by atoms with Crippen molar-refractivity contribution < 1.29 is 4.39 Å². The van der Waals surface area contributed by atoms with Crippen LogP contribution in [0.4, 0.5) is 10.3 Å². The summed E-state index contributed by atoms with van der Waals surface area (Å²) >= 11 is 11.3. The minimum Gasteiger partial charge on any atom is -0.345 e. The van der Waals surface area contributed by atoms with Crippen molar-refractivity contribution in [3.05, 3.63) is 55.4 Å². The van der Waals surface area contributed by atoms with Crippen molar-refractivity contribution >= 4 is 44.8 Å². The van der Waals surface area contributed by atoms with E-state index in [1.54, 1.807) is 28.2 Å². The maximum atomic E-state index is 14.4. The summed E-state index contributed by atoms with van der Waals surface area (Å²) in [6.45, 7) is 0. The van der Waals surface area contributed by atoms with Crippen molar-refractivity contribution in [2.45, 2.75) is 18.5 Å². The van der Waals surface area contributed by atoms with Crippen LogP contribution in [0.25, 0.3) is 0 Å². The molecule has 0 saturated heterocycles. The summed E-state index contributed by atoms with van der Waals surface area (Å²) in [5.74, 6) is 0.159. The van der Waals surface area contributed by atoms with Crippen LogP contribution in [0, 0.1) is 5.82 Å². The molecule has 1 aliphatic rings. The minimum absolute atomic E-state index is 0.00882. The summed E-state index contributed by atoms with van der Waals surface area (Å²) in [5.41, 5.74) is 0.421. The molecular formula is C14H10BrClFN5S. The van der Waals surface area contributed by atoms with Gasteiger partial charge in [-0.2, -0.15) is 0 Å². The van der Waals surface area contributed by atoms with Gasteiger partial charge in [0, 0.05) is 15.5 Å². The summed E-state index contributed by atoms with van der Waals surface area (Å²) in [4.78, 5) is 1.13. The van der Waals surface area contributed by atoms with E-state index in [1.807, 2.05) is 12.1 Å². The molecule has 0 fully saturated rings. The third kappa shape index (κ3) is 2.64. The Kier molecular flexibility index (Phi) is 3.82. The molecule has 1 N–H and O–H groups in total. The van der Waals surface area contributed by atoms with Gasteiger partial charge in [0.15, 0.2) is 0 Å². The highest BCUT2D eigenvalue weighted by molar-refractivity contribution is 9.11. The Morgan fingerprint density at radius 2 is 2.22 bits per heavy atom. The number of anilines is 1. The highest BCUT2D eigenvalue weighted by Gasteiger charge is 2.33. The molecule has 0 spiro atoms. The number of halogens is 3. The van der Waals surface area contributed by atoms with E-state index >= 15 is 0 Å². The Labute approximate surface area is 148 Å². The van der Waals surface area contributed by atoms with Crippen molar-refractivity contribution in [3.8, 4) is 0 Å². The highest BCUT2D eigenvalue weighted by Crippen LogP contribution is 2.42. The Hall–Kier alpha value is -1.51. The molecule has 118 valence electrons. The van der Waals surface area contributed by atoms with Crippen LogP contribution in [0.3, 0.4) is 0 Å². The lowest BCUT2D eigenvalue weighted by molar-refractivity contribution is 0.412. The molecule has 1 aliphatic heterocycles. The predicted molar refractivity (Wildman–Crippen MR) is 90.4 cm³/mol. The zero-order valence-corrected chi connectivity index (χ0v) is 14.7. The smallest absolute Gasteiger partial charge is 0.244 e. The molecule has 0 amide bonds. The molecule has 2 aromatic heterocycles. The number of benzene rings is 1. The fourth-order valence-electron chi connectivity index (χ4n) is 2.81. The standard InChI is InChI=1S/C14H10BrClFN5S/c15-12-5-4-11(23-12)9-6-10(22-14(18-9)19-20-21-22)13-7(16)2-1-3-8(13)17/h1-5,9-10H,6H2,(H,18,19,21). The second-order valence-electron chi connectivity index (χ2n) is 5.17. The fraction of sp³-hybridized carbons (Fsp3) is 0.214. The van der Waals surface area contributed by atoms with E-state index in [1.165, 1.54) is 6.07 Å². The number of hydrogen-bond donors (Lipinski definition) is 1. The van der Waals surface area contributed by atoms with Gasteiger partial charge in [-0.15, -0.1) is 11.3 Å². The monoisotopic (exact) mass is 413 g/mol. The van der Waals surface area contributed by atoms with Crippen molar-refractivity contribution in [1.82, 2.24) is 20.2 Å². The van der Waals surface area contributed by atoms with Crippen molar-refractivity contribution in [3.63, 3.8) is 0 Å². The fourth-order valence-corrected chi connectivity index (χ4v) is 4.59. The van der Waals surface area contributed by atoms with E-state index in [9.17, 15) is 4.39 Å². The van der Waals surface area contributed by atoms with E-state index in [0.29, 0.717) is 23.0 Å². The number of hydrogen-bond acceptors (Lipinski definition) is 5. The minimum atomic E-state index is -0.360. The molecule has 3 aromatic rings. The molecule has 2 atom stereocenters. The number of aromatic nitrogens is 4. The van der Waals surface area contributed by atoms with Gasteiger partial charge in [0.2, 0.25) is 5.95 Å². The summed E-state index contributed by atoms with van der Waals surface area (Å²) in [6, 6.07) is 8.34. The average Bonchev–Trinajstić information content (AvgIpc) is 3.15. The lowest BCUT2D eigenvalue weighted by Crippen LogP contribution is -2.28. The normalized spacial score (nSPS) is 20.1. The number of fused-ring (bicyclic) bond motifs is 1. The van der Waals surface area contributed by atoms with Crippen LogP contribution in [0.5, 0.6) is 0 Å². The summed E-state index contributed by atoms with van der Waals surface area (Å²) < 4.78 is 17.0. The first-order chi connectivity index (χ1) is 11.1. The molecule has 23 heavy (non-hydrogen) atoms. The molecule has 0 aliphatic carbocycles. The van der Waals surface area contributed by atoms with Crippen LogP contribution < -0.4 is 5.32 Å². The Morgan fingerprint density at radius 1 is 1.35 bits per heavy atom. The molecule has 1 aromatic carbocycles. The molecular weight excluding hydrogens is 405 g/mol. The van der Waals surface area contributed by atoms with Crippen LogP contribution in [0.15, 0.2) is 34.1 Å². The third-order valence-corrected chi connectivity index (χ3v) is 5.89. The topological polar surface area (TPSA) is 55.6 Å². The van der Waals surface area contributed by atoms with E-state index in [-0.39, 0.29) is 17.9 Å². The summed E-state index contributed by atoms with van der Waals surface area (Å²) in [5, 5.41) is 15.4. The van der Waals surface area contributed by atoms with Gasteiger partial charge in [0.25, 0.3) is 0 Å². The predicted octanol–water partition coefficient (Wildman–Crippen LogP) is 4.44. The van der Waals surface area contributed by atoms with Gasteiger partial charge in [0.1, 0.15) is 5.82 Å². The maximum absolute atomic E-state index is 14.4. The summed E-state index contributed by atoms with van der Waals surface area (Å²) in [6.07, 6.45) is 0.603. The van der Waals surface area contributed by atoms with Crippen LogP contribution in [-0.4, -0.2) is 20.2 Å². The third-order valence-electron chi connectivity index (χ3n) is 3.82. The number of tetrazole rings is 1. The number of nitrogens with one attached hydrogen (secondary N) is 1. The van der Waals surface area contributed by atoms with Crippen LogP contribution in [-0.2, 0) is 0 Å². The first kappa shape index (κ1) is 15.0. The van der Waals surface area contributed by atoms with Gasteiger partial charge in [-0.1, -0.05) is 22.8 Å². The van der Waals surface area contributed by atoms with E-state index in [0.717, 1.165) is 8.66 Å².